The summed E-state index contributed by atoms with van der Waals surface area (Å²) in [7, 11) is 7.49. The van der Waals surface area contributed by atoms with Gasteiger partial charge in [0.15, 0.2) is 11.6 Å². The molecule has 54 heavy (non-hydrogen) atoms. The number of anilines is 4. The average molecular weight is 729 g/mol. The van der Waals surface area contributed by atoms with Gasteiger partial charge in [-0.15, -0.1) is 0 Å². The maximum Gasteiger partial charge on any atom is 0.216 e. The smallest absolute Gasteiger partial charge is 0.216 e. The van der Waals surface area contributed by atoms with Crippen LogP contribution < -0.4 is 19.6 Å². The standard InChI is InChI=1S/2C20H21FN6/c1-13-15-12-23-20(17-6-4-5-8-22-17)24-16(15)7-9-27(13)19-11-14(26(2)3)10-18(21)25-19;1-13-15-12-23-20(17-6-4-5-8-22-17)24-16(15)7-9-27(13)19-11-14(21)10-18(25-19)26(2)3/h2*4-6,8,10-13H,7,9H2,1-3H3. The van der Waals surface area contributed by atoms with Crippen LogP contribution in [0, 0.1) is 11.8 Å². The maximum atomic E-state index is 14.1. The molecule has 2 aliphatic heterocycles. The molecule has 12 nitrogen and oxygen atoms in total. The second-order valence-corrected chi connectivity index (χ2v) is 13.7. The zero-order chi connectivity index (χ0) is 37.9. The largest absolute Gasteiger partial charge is 0.377 e. The molecule has 0 amide bonds. The van der Waals surface area contributed by atoms with Crippen molar-refractivity contribution in [3.8, 4) is 23.0 Å². The van der Waals surface area contributed by atoms with Crippen molar-refractivity contribution in [3.63, 3.8) is 0 Å². The first-order valence-corrected chi connectivity index (χ1v) is 17.8. The minimum Gasteiger partial charge on any atom is -0.377 e. The Balaban J connectivity index is 0.000000167. The number of aromatic nitrogens is 8. The molecule has 0 saturated heterocycles. The topological polar surface area (TPSA) is 116 Å². The second kappa shape index (κ2) is 15.4. The summed E-state index contributed by atoms with van der Waals surface area (Å²) in [5, 5.41) is 0. The third kappa shape index (κ3) is 7.63. The number of pyridine rings is 4. The molecule has 0 fully saturated rings. The van der Waals surface area contributed by atoms with Gasteiger partial charge in [0.1, 0.15) is 34.7 Å². The van der Waals surface area contributed by atoms with Crippen molar-refractivity contribution in [1.82, 2.24) is 39.9 Å². The van der Waals surface area contributed by atoms with Crippen molar-refractivity contribution in [3.05, 3.63) is 120 Å². The quantitative estimate of drug-likeness (QED) is 0.174. The number of rotatable bonds is 6. The highest BCUT2D eigenvalue weighted by Crippen LogP contribution is 2.35. The summed E-state index contributed by atoms with van der Waals surface area (Å²) in [6.45, 7) is 5.58. The van der Waals surface area contributed by atoms with Crippen molar-refractivity contribution >= 4 is 23.1 Å². The van der Waals surface area contributed by atoms with Crippen LogP contribution in [0.4, 0.5) is 31.9 Å². The summed E-state index contributed by atoms with van der Waals surface area (Å²) in [6.07, 6.45) is 8.68. The van der Waals surface area contributed by atoms with Gasteiger partial charge in [-0.25, -0.2) is 34.3 Å². The van der Waals surface area contributed by atoms with E-state index in [1.54, 1.807) is 17.3 Å². The predicted molar refractivity (Wildman–Crippen MR) is 206 cm³/mol. The number of hydrogen-bond donors (Lipinski definition) is 0. The minimum atomic E-state index is -0.476. The molecule has 2 aliphatic rings. The molecule has 6 aromatic heterocycles. The molecule has 0 radical (unpaired) electrons. The van der Waals surface area contributed by atoms with E-state index in [9.17, 15) is 8.78 Å². The first-order valence-electron chi connectivity index (χ1n) is 17.8. The summed E-state index contributed by atoms with van der Waals surface area (Å²) < 4.78 is 28.1. The molecule has 276 valence electrons. The predicted octanol–water partition coefficient (Wildman–Crippen LogP) is 6.52. The first-order chi connectivity index (χ1) is 26.0. The molecule has 8 rings (SSSR count). The number of halogens is 2. The lowest BCUT2D eigenvalue weighted by Gasteiger charge is -2.35. The zero-order valence-corrected chi connectivity index (χ0v) is 31.2. The van der Waals surface area contributed by atoms with Crippen molar-refractivity contribution in [1.29, 1.82) is 0 Å². The van der Waals surface area contributed by atoms with Crippen molar-refractivity contribution in [2.45, 2.75) is 38.8 Å². The normalized spacial score (nSPS) is 16.1. The van der Waals surface area contributed by atoms with Gasteiger partial charge in [-0.05, 0) is 38.1 Å². The summed E-state index contributed by atoms with van der Waals surface area (Å²) in [6, 6.07) is 17.7. The van der Waals surface area contributed by atoms with Gasteiger partial charge in [-0.2, -0.15) is 4.39 Å². The number of hydrogen-bond acceptors (Lipinski definition) is 12. The Morgan fingerprint density at radius 3 is 1.63 bits per heavy atom. The highest BCUT2D eigenvalue weighted by molar-refractivity contribution is 5.58. The lowest BCUT2D eigenvalue weighted by Crippen LogP contribution is -2.35. The summed E-state index contributed by atoms with van der Waals surface area (Å²) >= 11 is 0. The zero-order valence-electron chi connectivity index (χ0n) is 31.2. The van der Waals surface area contributed by atoms with Gasteiger partial charge in [0.05, 0.1) is 23.5 Å². The number of nitrogens with zero attached hydrogens (tertiary/aromatic N) is 12. The Hall–Kier alpha value is -6.18. The lowest BCUT2D eigenvalue weighted by molar-refractivity contribution is 0.562. The average Bonchev–Trinajstić information content (AvgIpc) is 3.18. The Bertz CT molecular complexity index is 2080. The Kier molecular flexibility index (Phi) is 10.3. The van der Waals surface area contributed by atoms with E-state index in [1.165, 1.54) is 18.2 Å². The van der Waals surface area contributed by atoms with E-state index in [1.807, 2.05) is 87.9 Å². The van der Waals surface area contributed by atoms with E-state index < -0.39 is 5.95 Å². The summed E-state index contributed by atoms with van der Waals surface area (Å²) in [4.78, 5) is 43.7. The van der Waals surface area contributed by atoms with Crippen LogP contribution in [0.15, 0.2) is 85.5 Å². The fourth-order valence-corrected chi connectivity index (χ4v) is 6.71. The van der Waals surface area contributed by atoms with Gasteiger partial charge in [-0.3, -0.25) is 9.97 Å². The van der Waals surface area contributed by atoms with Crippen LogP contribution in [0.5, 0.6) is 0 Å². The Morgan fingerprint density at radius 1 is 0.611 bits per heavy atom. The third-order valence-corrected chi connectivity index (χ3v) is 9.69. The molecule has 0 aromatic carbocycles. The Labute approximate surface area is 313 Å². The molecule has 6 aromatic rings. The van der Waals surface area contributed by atoms with E-state index in [-0.39, 0.29) is 17.9 Å². The van der Waals surface area contributed by atoms with Crippen LogP contribution in [-0.2, 0) is 12.8 Å². The monoisotopic (exact) mass is 728 g/mol. The van der Waals surface area contributed by atoms with Crippen LogP contribution in [0.2, 0.25) is 0 Å². The van der Waals surface area contributed by atoms with Crippen LogP contribution >= 0.6 is 0 Å². The maximum absolute atomic E-state index is 14.1. The van der Waals surface area contributed by atoms with Crippen LogP contribution in [0.3, 0.4) is 0 Å². The fourth-order valence-electron chi connectivity index (χ4n) is 6.71. The lowest BCUT2D eigenvalue weighted by atomic mass is 9.99. The van der Waals surface area contributed by atoms with E-state index in [4.69, 9.17) is 9.97 Å². The molecule has 2 unspecified atom stereocenters. The highest BCUT2D eigenvalue weighted by atomic mass is 19.1. The minimum absolute atomic E-state index is 0.0100. The van der Waals surface area contributed by atoms with Crippen LogP contribution in [0.25, 0.3) is 23.0 Å². The van der Waals surface area contributed by atoms with Crippen LogP contribution in [-0.4, -0.2) is 81.2 Å². The molecule has 0 saturated carbocycles. The van der Waals surface area contributed by atoms with Gasteiger partial charge in [-0.1, -0.05) is 12.1 Å². The highest BCUT2D eigenvalue weighted by Gasteiger charge is 2.29. The van der Waals surface area contributed by atoms with Crippen molar-refractivity contribution < 1.29 is 8.78 Å². The van der Waals surface area contributed by atoms with E-state index in [0.29, 0.717) is 29.1 Å². The molecule has 0 aliphatic carbocycles. The third-order valence-electron chi connectivity index (χ3n) is 9.69. The molecule has 8 heterocycles. The summed E-state index contributed by atoms with van der Waals surface area (Å²) in [5.74, 6) is 2.36. The molecule has 2 atom stereocenters. The SMILES string of the molecule is CC1c2cnc(-c3ccccn3)nc2CCN1c1cc(F)cc(N(C)C)n1.CC1c2cnc(-c3ccccn3)nc2CCN1c1cc(N(C)C)cc(F)n1. The fraction of sp³-hybridized carbons (Fsp3) is 0.300. The second-order valence-electron chi connectivity index (χ2n) is 13.7. The molecular weight excluding hydrogens is 687 g/mol. The van der Waals surface area contributed by atoms with E-state index in [2.05, 4.69) is 53.6 Å². The van der Waals surface area contributed by atoms with Gasteiger partial charge < -0.3 is 19.6 Å². The van der Waals surface area contributed by atoms with E-state index >= 15 is 0 Å². The number of fused-ring (bicyclic) bond motifs is 2. The van der Waals surface area contributed by atoms with Crippen molar-refractivity contribution in [2.24, 2.45) is 0 Å². The van der Waals surface area contributed by atoms with Gasteiger partial charge in [0.25, 0.3) is 0 Å². The Morgan fingerprint density at radius 2 is 1.15 bits per heavy atom. The van der Waals surface area contributed by atoms with Gasteiger partial charge in [0.2, 0.25) is 5.95 Å². The van der Waals surface area contributed by atoms with Gasteiger partial charge in [0, 0.05) is 120 Å². The first kappa shape index (κ1) is 36.2. The molecule has 0 spiro atoms. The summed E-state index contributed by atoms with van der Waals surface area (Å²) in [5.41, 5.74) is 6.42. The van der Waals surface area contributed by atoms with Crippen LogP contribution in [0.1, 0.15) is 48.4 Å². The molecule has 0 bridgehead atoms. The van der Waals surface area contributed by atoms with Crippen molar-refractivity contribution in [2.75, 3.05) is 60.9 Å². The molecule has 14 heteroatoms. The van der Waals surface area contributed by atoms with Gasteiger partial charge >= 0.3 is 0 Å². The molecule has 0 N–H and O–H groups in total. The molecular formula is C40H42F2N12. The van der Waals surface area contributed by atoms with E-state index in [0.717, 1.165) is 65.5 Å².